The first-order valence-corrected chi connectivity index (χ1v) is 10.8. The van der Waals surface area contributed by atoms with Gasteiger partial charge >= 0.3 is 5.97 Å². The Bertz CT molecular complexity index is 1180. The lowest BCUT2D eigenvalue weighted by atomic mass is 10.1. The van der Waals surface area contributed by atoms with Crippen LogP contribution < -0.4 is 4.72 Å². The van der Waals surface area contributed by atoms with Crippen molar-refractivity contribution >= 4 is 16.0 Å². The molecule has 10 nitrogen and oxygen atoms in total. The Morgan fingerprint density at radius 1 is 1.32 bits per heavy atom. The van der Waals surface area contributed by atoms with E-state index in [1.54, 1.807) is 37.6 Å². The van der Waals surface area contributed by atoms with Gasteiger partial charge in [0.1, 0.15) is 11.6 Å². The summed E-state index contributed by atoms with van der Waals surface area (Å²) in [7, 11) is -2.15. The summed E-state index contributed by atoms with van der Waals surface area (Å²) in [6, 6.07) is 4.53. The maximum absolute atomic E-state index is 13.7. The topological polar surface area (TPSA) is 129 Å². The van der Waals surface area contributed by atoms with Crippen molar-refractivity contribution in [1.29, 1.82) is 0 Å². The number of sulfonamides is 1. The zero-order chi connectivity index (χ0) is 22.8. The van der Waals surface area contributed by atoms with Crippen molar-refractivity contribution in [3.8, 4) is 11.4 Å². The standard InChI is InChI=1S/C19H22FN5O5S/c1-11-5-6-14(9-15(11)20)18-23-19(30-24-18)12(2)29-17(26)7-8-21-31(27,28)16-10-25(4)13(3)22-16/h5-6,9-10,12,21H,7-8H2,1-4H3. The van der Waals surface area contributed by atoms with Crippen LogP contribution in [0.5, 0.6) is 0 Å². The fourth-order valence-electron chi connectivity index (χ4n) is 2.57. The van der Waals surface area contributed by atoms with Crippen LogP contribution in [-0.4, -0.2) is 40.6 Å². The second-order valence-corrected chi connectivity index (χ2v) is 8.65. The second-order valence-electron chi connectivity index (χ2n) is 6.94. The van der Waals surface area contributed by atoms with Gasteiger partial charge in [-0.1, -0.05) is 17.3 Å². The Balaban J connectivity index is 1.54. The van der Waals surface area contributed by atoms with E-state index in [4.69, 9.17) is 9.26 Å². The summed E-state index contributed by atoms with van der Waals surface area (Å²) in [5.41, 5.74) is 0.916. The molecule has 0 fully saturated rings. The van der Waals surface area contributed by atoms with Crippen LogP contribution in [0.15, 0.2) is 33.9 Å². The van der Waals surface area contributed by atoms with Gasteiger partial charge in [-0.2, -0.15) is 4.98 Å². The molecule has 0 radical (unpaired) electrons. The monoisotopic (exact) mass is 451 g/mol. The molecular formula is C19H22FN5O5S. The number of imidazole rings is 1. The van der Waals surface area contributed by atoms with Gasteiger partial charge in [0.2, 0.25) is 5.82 Å². The van der Waals surface area contributed by atoms with Gasteiger partial charge < -0.3 is 13.8 Å². The van der Waals surface area contributed by atoms with Crippen molar-refractivity contribution in [2.45, 2.75) is 38.3 Å². The SMILES string of the molecule is Cc1ccc(-c2noc(C(C)OC(=O)CCNS(=O)(=O)c3cn(C)c(C)n3)n2)cc1F. The van der Waals surface area contributed by atoms with E-state index in [0.29, 0.717) is 17.0 Å². The Hall–Kier alpha value is -3.12. The average molecular weight is 451 g/mol. The molecule has 0 aliphatic rings. The number of aromatic nitrogens is 4. The lowest BCUT2D eigenvalue weighted by molar-refractivity contribution is -0.149. The Morgan fingerprint density at radius 2 is 2.06 bits per heavy atom. The molecule has 0 bridgehead atoms. The second kappa shape index (κ2) is 8.94. The maximum atomic E-state index is 13.7. The number of benzene rings is 1. The predicted molar refractivity (Wildman–Crippen MR) is 107 cm³/mol. The van der Waals surface area contributed by atoms with E-state index in [1.165, 1.54) is 19.2 Å². The Kier molecular flexibility index (Phi) is 6.51. The summed E-state index contributed by atoms with van der Waals surface area (Å²) >= 11 is 0. The van der Waals surface area contributed by atoms with Crippen molar-refractivity contribution in [3.05, 3.63) is 47.5 Å². The maximum Gasteiger partial charge on any atom is 0.307 e. The fraction of sp³-hybridized carbons (Fsp3) is 0.368. The molecule has 0 amide bonds. The average Bonchev–Trinajstić information content (AvgIpc) is 3.32. The van der Waals surface area contributed by atoms with Crippen molar-refractivity contribution < 1.29 is 26.9 Å². The van der Waals surface area contributed by atoms with Crippen LogP contribution in [0.1, 0.15) is 36.7 Å². The van der Waals surface area contributed by atoms with Gasteiger partial charge in [0, 0.05) is 25.4 Å². The number of aryl methyl sites for hydroxylation is 3. The molecule has 0 saturated heterocycles. The van der Waals surface area contributed by atoms with Crippen molar-refractivity contribution in [3.63, 3.8) is 0 Å². The fourth-order valence-corrected chi connectivity index (χ4v) is 3.64. The van der Waals surface area contributed by atoms with Crippen LogP contribution in [0.3, 0.4) is 0 Å². The Labute approximate surface area is 178 Å². The molecule has 1 unspecified atom stereocenters. The highest BCUT2D eigenvalue weighted by atomic mass is 32.2. The third-order valence-corrected chi connectivity index (χ3v) is 5.84. The molecular weight excluding hydrogens is 429 g/mol. The highest BCUT2D eigenvalue weighted by Crippen LogP contribution is 2.22. The molecule has 3 rings (SSSR count). The third kappa shape index (κ3) is 5.33. The smallest absolute Gasteiger partial charge is 0.307 e. The quantitative estimate of drug-likeness (QED) is 0.516. The number of nitrogens with one attached hydrogen (secondary N) is 1. The molecule has 166 valence electrons. The summed E-state index contributed by atoms with van der Waals surface area (Å²) in [5, 5.41) is 3.65. The number of halogens is 1. The van der Waals surface area contributed by atoms with Crippen LogP contribution in [0.4, 0.5) is 4.39 Å². The van der Waals surface area contributed by atoms with Gasteiger partial charge in [0.15, 0.2) is 11.1 Å². The zero-order valence-corrected chi connectivity index (χ0v) is 18.2. The van der Waals surface area contributed by atoms with E-state index in [-0.39, 0.29) is 29.7 Å². The van der Waals surface area contributed by atoms with Crippen molar-refractivity contribution in [1.82, 2.24) is 24.4 Å². The summed E-state index contributed by atoms with van der Waals surface area (Å²) in [6.45, 7) is 4.68. The third-order valence-electron chi connectivity index (χ3n) is 4.51. The molecule has 1 N–H and O–H groups in total. The normalized spacial score (nSPS) is 12.7. The molecule has 1 atom stereocenters. The number of esters is 1. The van der Waals surface area contributed by atoms with Gasteiger partial charge in [-0.25, -0.2) is 22.5 Å². The number of hydrogen-bond acceptors (Lipinski definition) is 8. The van der Waals surface area contributed by atoms with Gasteiger partial charge in [-0.15, -0.1) is 0 Å². The van der Waals surface area contributed by atoms with E-state index in [0.717, 1.165) is 0 Å². The molecule has 0 saturated carbocycles. The number of rotatable bonds is 8. The largest absolute Gasteiger partial charge is 0.452 e. The Morgan fingerprint density at radius 3 is 2.71 bits per heavy atom. The minimum absolute atomic E-state index is 0.0360. The van der Waals surface area contributed by atoms with Crippen LogP contribution in [0, 0.1) is 19.7 Å². The molecule has 1 aromatic carbocycles. The van der Waals surface area contributed by atoms with E-state index >= 15 is 0 Å². The van der Waals surface area contributed by atoms with Gasteiger partial charge in [-0.3, -0.25) is 4.79 Å². The van der Waals surface area contributed by atoms with Gasteiger partial charge in [-0.05, 0) is 32.4 Å². The number of ether oxygens (including phenoxy) is 1. The molecule has 2 heterocycles. The summed E-state index contributed by atoms with van der Waals surface area (Å²) in [5.74, 6) is -0.315. The van der Waals surface area contributed by atoms with Crippen LogP contribution >= 0.6 is 0 Å². The van der Waals surface area contributed by atoms with Crippen LogP contribution in [0.25, 0.3) is 11.4 Å². The molecule has 0 aliphatic carbocycles. The summed E-state index contributed by atoms with van der Waals surface area (Å²) < 4.78 is 52.3. The van der Waals surface area contributed by atoms with Gasteiger partial charge in [0.25, 0.3) is 15.9 Å². The first-order chi connectivity index (χ1) is 14.6. The molecule has 12 heteroatoms. The summed E-state index contributed by atoms with van der Waals surface area (Å²) in [4.78, 5) is 20.1. The van der Waals surface area contributed by atoms with E-state index in [2.05, 4.69) is 19.8 Å². The number of nitrogens with zero attached hydrogens (tertiary/aromatic N) is 4. The van der Waals surface area contributed by atoms with E-state index < -0.39 is 27.9 Å². The minimum atomic E-state index is -3.83. The first-order valence-electron chi connectivity index (χ1n) is 9.36. The zero-order valence-electron chi connectivity index (χ0n) is 17.4. The summed E-state index contributed by atoms with van der Waals surface area (Å²) in [6.07, 6.45) is 0.309. The number of carbonyl (C=O) groups is 1. The molecule has 0 spiro atoms. The number of carbonyl (C=O) groups excluding carboxylic acids is 1. The molecule has 0 aliphatic heterocycles. The van der Waals surface area contributed by atoms with Crippen LogP contribution in [0.2, 0.25) is 0 Å². The van der Waals surface area contributed by atoms with E-state index in [1.807, 2.05) is 0 Å². The van der Waals surface area contributed by atoms with E-state index in [9.17, 15) is 17.6 Å². The van der Waals surface area contributed by atoms with Crippen molar-refractivity contribution in [2.24, 2.45) is 7.05 Å². The molecule has 3 aromatic rings. The molecule has 2 aromatic heterocycles. The first kappa shape index (κ1) is 22.6. The molecule has 31 heavy (non-hydrogen) atoms. The number of hydrogen-bond donors (Lipinski definition) is 1. The van der Waals surface area contributed by atoms with Crippen molar-refractivity contribution in [2.75, 3.05) is 6.54 Å². The highest BCUT2D eigenvalue weighted by Gasteiger charge is 2.21. The lowest BCUT2D eigenvalue weighted by Gasteiger charge is -2.09. The highest BCUT2D eigenvalue weighted by molar-refractivity contribution is 7.89. The minimum Gasteiger partial charge on any atom is -0.452 e. The predicted octanol–water partition coefficient (Wildman–Crippen LogP) is 2.20. The van der Waals surface area contributed by atoms with Gasteiger partial charge in [0.05, 0.1) is 6.42 Å². The van der Waals surface area contributed by atoms with Crippen LogP contribution in [-0.2, 0) is 26.6 Å². The lowest BCUT2D eigenvalue weighted by Crippen LogP contribution is -2.27.